The molecule has 1 aliphatic rings. The van der Waals surface area contributed by atoms with Gasteiger partial charge >= 0.3 is 0 Å². The smallest absolute Gasteiger partial charge is 0.118 e. The molecule has 0 saturated heterocycles. The first kappa shape index (κ1) is 14.4. The van der Waals surface area contributed by atoms with Crippen LogP contribution in [0, 0.1) is 5.92 Å². The lowest BCUT2D eigenvalue weighted by molar-refractivity contribution is 0.298. The Morgan fingerprint density at radius 3 is 2.42 bits per heavy atom. The lowest BCUT2D eigenvalue weighted by Gasteiger charge is -2.31. The van der Waals surface area contributed by atoms with Crippen molar-refractivity contribution in [1.82, 2.24) is 5.32 Å². The molecule has 0 radical (unpaired) electrons. The molecule has 0 aliphatic heterocycles. The summed E-state index contributed by atoms with van der Waals surface area (Å²) in [7, 11) is 1.73. The third-order valence-electron chi connectivity index (χ3n) is 4.38. The van der Waals surface area contributed by atoms with Gasteiger partial charge in [0.25, 0.3) is 0 Å². The topological polar surface area (TPSA) is 21.3 Å². The van der Waals surface area contributed by atoms with E-state index in [-0.39, 0.29) is 0 Å². The highest BCUT2D eigenvalue weighted by Crippen LogP contribution is 2.36. The normalized spacial score (nSPS) is 18.2. The molecule has 19 heavy (non-hydrogen) atoms. The number of methoxy groups -OCH3 is 1. The molecule has 0 bridgehead atoms. The summed E-state index contributed by atoms with van der Waals surface area (Å²) in [6, 6.07) is 8.68. The van der Waals surface area contributed by atoms with Gasteiger partial charge < -0.3 is 10.1 Å². The predicted molar refractivity (Wildman–Crippen MR) is 80.9 cm³/mol. The van der Waals surface area contributed by atoms with Crippen LogP contribution in [0.15, 0.2) is 24.3 Å². The molecule has 106 valence electrons. The first-order chi connectivity index (χ1) is 9.35. The third-order valence-corrected chi connectivity index (χ3v) is 4.38. The van der Waals surface area contributed by atoms with E-state index in [9.17, 15) is 0 Å². The quantitative estimate of drug-likeness (QED) is 0.836. The Morgan fingerprint density at radius 1 is 1.16 bits per heavy atom. The number of likely N-dealkylation sites (N-methyl/N-ethyl adjacent to an activating group) is 1. The average Bonchev–Trinajstić information content (AvgIpc) is 2.49. The van der Waals surface area contributed by atoms with E-state index in [4.69, 9.17) is 4.74 Å². The van der Waals surface area contributed by atoms with Gasteiger partial charge in [-0.2, -0.15) is 0 Å². The van der Waals surface area contributed by atoms with E-state index in [1.165, 1.54) is 37.7 Å². The summed E-state index contributed by atoms with van der Waals surface area (Å²) in [5.41, 5.74) is 1.47. The van der Waals surface area contributed by atoms with Gasteiger partial charge in [0.05, 0.1) is 7.11 Å². The summed E-state index contributed by atoms with van der Waals surface area (Å²) < 4.78 is 5.26. The van der Waals surface area contributed by atoms with Crippen LogP contribution in [-0.4, -0.2) is 20.2 Å². The second-order valence-electron chi connectivity index (χ2n) is 5.59. The number of ether oxygens (including phenoxy) is 1. The fourth-order valence-corrected chi connectivity index (χ4v) is 3.24. The molecule has 0 heterocycles. The molecule has 0 amide bonds. The van der Waals surface area contributed by atoms with E-state index in [1.807, 2.05) is 0 Å². The van der Waals surface area contributed by atoms with E-state index >= 15 is 0 Å². The molecular formula is C17H27NO. The zero-order valence-electron chi connectivity index (χ0n) is 12.3. The van der Waals surface area contributed by atoms with Crippen LogP contribution in [0.4, 0.5) is 0 Å². The highest BCUT2D eigenvalue weighted by Gasteiger charge is 2.24. The second-order valence-corrected chi connectivity index (χ2v) is 5.59. The molecule has 1 unspecified atom stereocenters. The summed E-state index contributed by atoms with van der Waals surface area (Å²) in [6.45, 7) is 4.35. The fraction of sp³-hybridized carbons (Fsp3) is 0.647. The van der Waals surface area contributed by atoms with Gasteiger partial charge in [0, 0.05) is 6.54 Å². The number of nitrogens with one attached hydrogen (secondary N) is 1. The van der Waals surface area contributed by atoms with Crippen LogP contribution in [-0.2, 0) is 0 Å². The fourth-order valence-electron chi connectivity index (χ4n) is 3.24. The Labute approximate surface area is 117 Å². The van der Waals surface area contributed by atoms with Crippen molar-refractivity contribution in [2.75, 3.05) is 20.2 Å². The molecule has 1 saturated carbocycles. The van der Waals surface area contributed by atoms with Crippen molar-refractivity contribution < 1.29 is 4.74 Å². The molecule has 1 fully saturated rings. The summed E-state index contributed by atoms with van der Waals surface area (Å²) in [5.74, 6) is 2.46. The van der Waals surface area contributed by atoms with Gasteiger partial charge in [0.15, 0.2) is 0 Å². The van der Waals surface area contributed by atoms with Crippen LogP contribution in [0.25, 0.3) is 0 Å². The second kappa shape index (κ2) is 7.54. The van der Waals surface area contributed by atoms with Gasteiger partial charge in [-0.15, -0.1) is 0 Å². The molecule has 2 rings (SSSR count). The van der Waals surface area contributed by atoms with Crippen molar-refractivity contribution in [3.63, 3.8) is 0 Å². The van der Waals surface area contributed by atoms with Gasteiger partial charge in [-0.05, 0) is 48.9 Å². The number of rotatable bonds is 6. The first-order valence-corrected chi connectivity index (χ1v) is 7.69. The molecule has 0 spiro atoms. The van der Waals surface area contributed by atoms with E-state index in [0.29, 0.717) is 5.92 Å². The Morgan fingerprint density at radius 2 is 1.84 bits per heavy atom. The zero-order valence-corrected chi connectivity index (χ0v) is 12.3. The van der Waals surface area contributed by atoms with E-state index < -0.39 is 0 Å². The SMILES string of the molecule is CCNCC(c1ccc(OC)cc1)C1CCCCC1. The van der Waals surface area contributed by atoms with Crippen molar-refractivity contribution in [3.05, 3.63) is 29.8 Å². The third kappa shape index (κ3) is 3.97. The standard InChI is InChI=1S/C17H27NO/c1-3-18-13-17(14-7-5-4-6-8-14)15-9-11-16(19-2)12-10-15/h9-12,14,17-18H,3-8,13H2,1-2H3. The van der Waals surface area contributed by atoms with Crippen LogP contribution >= 0.6 is 0 Å². The van der Waals surface area contributed by atoms with E-state index in [2.05, 4.69) is 36.5 Å². The molecule has 1 aromatic carbocycles. The van der Waals surface area contributed by atoms with Crippen LogP contribution in [0.1, 0.15) is 50.5 Å². The van der Waals surface area contributed by atoms with Crippen LogP contribution in [0.5, 0.6) is 5.75 Å². The Bertz CT molecular complexity index is 354. The van der Waals surface area contributed by atoms with Crippen LogP contribution in [0.3, 0.4) is 0 Å². The lowest BCUT2D eigenvalue weighted by atomic mass is 9.77. The molecule has 1 aromatic rings. The maximum Gasteiger partial charge on any atom is 0.118 e. The zero-order chi connectivity index (χ0) is 13.5. The van der Waals surface area contributed by atoms with Gasteiger partial charge in [0.2, 0.25) is 0 Å². The van der Waals surface area contributed by atoms with Crippen molar-refractivity contribution in [1.29, 1.82) is 0 Å². The molecule has 0 aromatic heterocycles. The minimum Gasteiger partial charge on any atom is -0.497 e. The molecule has 1 aliphatic carbocycles. The lowest BCUT2D eigenvalue weighted by Crippen LogP contribution is -2.27. The molecule has 2 nitrogen and oxygen atoms in total. The summed E-state index contributed by atoms with van der Waals surface area (Å²) in [4.78, 5) is 0. The highest BCUT2D eigenvalue weighted by molar-refractivity contribution is 5.30. The van der Waals surface area contributed by atoms with E-state index in [1.54, 1.807) is 7.11 Å². The summed E-state index contributed by atoms with van der Waals surface area (Å²) in [5, 5.41) is 3.54. The minimum absolute atomic E-state index is 0.658. The molecule has 1 atom stereocenters. The Balaban J connectivity index is 2.10. The largest absolute Gasteiger partial charge is 0.497 e. The molecular weight excluding hydrogens is 234 g/mol. The minimum atomic E-state index is 0.658. The first-order valence-electron chi connectivity index (χ1n) is 7.69. The summed E-state index contributed by atoms with van der Waals surface area (Å²) >= 11 is 0. The van der Waals surface area contributed by atoms with Gasteiger partial charge in [-0.25, -0.2) is 0 Å². The number of benzene rings is 1. The predicted octanol–water partition coefficient (Wildman–Crippen LogP) is 3.97. The number of hydrogen-bond donors (Lipinski definition) is 1. The van der Waals surface area contributed by atoms with Crippen molar-refractivity contribution in [2.45, 2.75) is 44.9 Å². The number of hydrogen-bond acceptors (Lipinski definition) is 2. The van der Waals surface area contributed by atoms with Crippen molar-refractivity contribution in [2.24, 2.45) is 5.92 Å². The van der Waals surface area contributed by atoms with Crippen molar-refractivity contribution in [3.8, 4) is 5.75 Å². The van der Waals surface area contributed by atoms with Gasteiger partial charge in [-0.1, -0.05) is 38.3 Å². The highest BCUT2D eigenvalue weighted by atomic mass is 16.5. The van der Waals surface area contributed by atoms with Crippen LogP contribution in [0.2, 0.25) is 0 Å². The average molecular weight is 261 g/mol. The molecule has 2 heteroatoms. The van der Waals surface area contributed by atoms with Gasteiger partial charge in [0.1, 0.15) is 5.75 Å². The monoisotopic (exact) mass is 261 g/mol. The van der Waals surface area contributed by atoms with Crippen LogP contribution < -0.4 is 10.1 Å². The van der Waals surface area contributed by atoms with Crippen molar-refractivity contribution >= 4 is 0 Å². The summed E-state index contributed by atoms with van der Waals surface area (Å²) in [6.07, 6.45) is 7.02. The molecule has 1 N–H and O–H groups in total. The maximum absolute atomic E-state index is 5.26. The van der Waals surface area contributed by atoms with E-state index in [0.717, 1.165) is 24.8 Å². The van der Waals surface area contributed by atoms with Gasteiger partial charge in [-0.3, -0.25) is 0 Å². The maximum atomic E-state index is 5.26. The Kier molecular flexibility index (Phi) is 5.71. The Hall–Kier alpha value is -1.02.